The molecule has 1 aliphatic carbocycles. The van der Waals surface area contributed by atoms with E-state index in [1.807, 2.05) is 0 Å². The van der Waals surface area contributed by atoms with Crippen LogP contribution in [-0.4, -0.2) is 16.5 Å². The second kappa shape index (κ2) is 4.83. The quantitative estimate of drug-likeness (QED) is 0.870. The summed E-state index contributed by atoms with van der Waals surface area (Å²) in [5.74, 6) is 0.517. The summed E-state index contributed by atoms with van der Waals surface area (Å²) in [6.07, 6.45) is 6.47. The highest BCUT2D eigenvalue weighted by Crippen LogP contribution is 2.40. The van der Waals surface area contributed by atoms with Crippen molar-refractivity contribution in [2.45, 2.75) is 39.0 Å². The van der Waals surface area contributed by atoms with Crippen molar-refractivity contribution in [3.05, 3.63) is 24.0 Å². The lowest BCUT2D eigenvalue weighted by molar-refractivity contribution is 0.306. The number of rotatable bonds is 4. The van der Waals surface area contributed by atoms with Gasteiger partial charge in [-0.25, -0.2) is 9.37 Å². The Morgan fingerprint density at radius 2 is 2.16 bits per heavy atom. The summed E-state index contributed by atoms with van der Waals surface area (Å²) < 4.78 is 13.1. The maximum atomic E-state index is 13.1. The van der Waals surface area contributed by atoms with Crippen LogP contribution < -0.4 is 5.32 Å². The van der Waals surface area contributed by atoms with Crippen LogP contribution in [0.4, 0.5) is 10.3 Å². The van der Waals surface area contributed by atoms with Crippen molar-refractivity contribution in [1.82, 2.24) is 9.97 Å². The molecule has 102 valence electrons. The average Bonchev–Trinajstić information content (AvgIpc) is 3.02. The molecule has 0 aliphatic heterocycles. The van der Waals surface area contributed by atoms with Crippen molar-refractivity contribution in [2.24, 2.45) is 5.41 Å². The summed E-state index contributed by atoms with van der Waals surface area (Å²) in [5, 5.41) is 3.40. The molecular weight excluding hydrogens is 241 g/mol. The zero-order valence-corrected chi connectivity index (χ0v) is 11.3. The van der Waals surface area contributed by atoms with Gasteiger partial charge in [-0.05, 0) is 42.9 Å². The molecule has 0 spiro atoms. The minimum absolute atomic E-state index is 0.233. The maximum Gasteiger partial charge on any atom is 0.201 e. The predicted molar refractivity (Wildman–Crippen MR) is 75.7 cm³/mol. The van der Waals surface area contributed by atoms with Crippen LogP contribution >= 0.6 is 0 Å². The summed E-state index contributed by atoms with van der Waals surface area (Å²) in [6, 6.07) is 4.63. The summed E-state index contributed by atoms with van der Waals surface area (Å²) in [6.45, 7) is 3.22. The number of aromatic nitrogens is 2. The monoisotopic (exact) mass is 261 g/mol. The van der Waals surface area contributed by atoms with Gasteiger partial charge in [0.1, 0.15) is 5.82 Å². The Hall–Kier alpha value is -1.58. The molecule has 1 fully saturated rings. The van der Waals surface area contributed by atoms with E-state index in [1.54, 1.807) is 6.07 Å². The third-order valence-electron chi connectivity index (χ3n) is 4.49. The molecule has 0 amide bonds. The first-order chi connectivity index (χ1) is 9.21. The van der Waals surface area contributed by atoms with E-state index in [0.29, 0.717) is 5.41 Å². The molecule has 1 aliphatic rings. The van der Waals surface area contributed by atoms with Crippen LogP contribution in [-0.2, 0) is 0 Å². The van der Waals surface area contributed by atoms with Crippen molar-refractivity contribution < 1.29 is 4.39 Å². The van der Waals surface area contributed by atoms with Crippen molar-refractivity contribution in [1.29, 1.82) is 0 Å². The Kier molecular flexibility index (Phi) is 3.17. The molecule has 4 heteroatoms. The van der Waals surface area contributed by atoms with E-state index >= 15 is 0 Å². The maximum absolute atomic E-state index is 13.1. The van der Waals surface area contributed by atoms with Gasteiger partial charge in [0.2, 0.25) is 5.95 Å². The zero-order valence-electron chi connectivity index (χ0n) is 11.3. The molecule has 2 N–H and O–H groups in total. The van der Waals surface area contributed by atoms with Crippen LogP contribution in [0.2, 0.25) is 0 Å². The second-order valence-electron chi connectivity index (χ2n) is 5.66. The molecule has 3 nitrogen and oxygen atoms in total. The van der Waals surface area contributed by atoms with Crippen molar-refractivity contribution >= 4 is 17.0 Å². The van der Waals surface area contributed by atoms with Crippen LogP contribution in [0.1, 0.15) is 39.0 Å². The predicted octanol–water partition coefficient (Wildman–Crippen LogP) is 4.08. The van der Waals surface area contributed by atoms with Gasteiger partial charge in [-0.1, -0.05) is 19.8 Å². The molecule has 1 aromatic heterocycles. The van der Waals surface area contributed by atoms with Gasteiger partial charge in [0, 0.05) is 6.54 Å². The van der Waals surface area contributed by atoms with E-state index in [2.05, 4.69) is 22.2 Å². The fourth-order valence-electron chi connectivity index (χ4n) is 3.12. The van der Waals surface area contributed by atoms with Crippen LogP contribution in [0.5, 0.6) is 0 Å². The highest BCUT2D eigenvalue weighted by molar-refractivity contribution is 5.77. The number of hydrogen-bond acceptors (Lipinski definition) is 2. The molecule has 0 atom stereocenters. The number of imidazole rings is 1. The van der Waals surface area contributed by atoms with Gasteiger partial charge in [0.25, 0.3) is 0 Å². The lowest BCUT2D eigenvalue weighted by Crippen LogP contribution is -2.26. The first-order valence-corrected chi connectivity index (χ1v) is 7.10. The highest BCUT2D eigenvalue weighted by Gasteiger charge is 2.31. The molecule has 0 unspecified atom stereocenters. The van der Waals surface area contributed by atoms with Gasteiger partial charge in [-0.2, -0.15) is 0 Å². The Bertz CT molecular complexity index is 570. The summed E-state index contributed by atoms with van der Waals surface area (Å²) in [5.41, 5.74) is 1.98. The number of nitrogens with zero attached hydrogens (tertiary/aromatic N) is 1. The van der Waals surface area contributed by atoms with E-state index < -0.39 is 0 Å². The van der Waals surface area contributed by atoms with Gasteiger partial charge in [-0.3, -0.25) is 0 Å². The highest BCUT2D eigenvalue weighted by atomic mass is 19.1. The van der Waals surface area contributed by atoms with Crippen LogP contribution in [0, 0.1) is 11.2 Å². The number of nitrogens with one attached hydrogen (secondary N) is 2. The third-order valence-corrected chi connectivity index (χ3v) is 4.49. The number of H-pyrrole nitrogens is 1. The lowest BCUT2D eigenvalue weighted by Gasteiger charge is -2.27. The SMILES string of the molecule is CCC1(CNc2nc3ccc(F)cc3[nH]2)CCCC1. The molecule has 19 heavy (non-hydrogen) atoms. The minimum atomic E-state index is -0.233. The van der Waals surface area contributed by atoms with E-state index in [9.17, 15) is 4.39 Å². The summed E-state index contributed by atoms with van der Waals surface area (Å²) >= 11 is 0. The fourth-order valence-corrected chi connectivity index (χ4v) is 3.12. The molecule has 0 bridgehead atoms. The summed E-state index contributed by atoms with van der Waals surface area (Å²) in [7, 11) is 0. The number of anilines is 1. The third kappa shape index (κ3) is 2.44. The van der Waals surface area contributed by atoms with Crippen LogP contribution in [0.15, 0.2) is 18.2 Å². The Balaban J connectivity index is 1.74. The van der Waals surface area contributed by atoms with Crippen molar-refractivity contribution in [3.63, 3.8) is 0 Å². The normalized spacial score (nSPS) is 18.0. The molecule has 2 aromatic rings. The van der Waals surface area contributed by atoms with Gasteiger partial charge in [-0.15, -0.1) is 0 Å². The topological polar surface area (TPSA) is 40.7 Å². The molecule has 0 radical (unpaired) electrons. The first-order valence-electron chi connectivity index (χ1n) is 7.10. The Morgan fingerprint density at radius 1 is 1.37 bits per heavy atom. The smallest absolute Gasteiger partial charge is 0.201 e. The number of aromatic amines is 1. The van der Waals surface area contributed by atoms with Crippen LogP contribution in [0.3, 0.4) is 0 Å². The van der Waals surface area contributed by atoms with E-state index in [0.717, 1.165) is 23.5 Å². The van der Waals surface area contributed by atoms with Gasteiger partial charge in [0.15, 0.2) is 0 Å². The second-order valence-corrected chi connectivity index (χ2v) is 5.66. The molecule has 0 saturated heterocycles. The Labute approximate surface area is 112 Å². The standard InChI is InChI=1S/C15H20FN3/c1-2-15(7-3-4-8-15)10-17-14-18-12-6-5-11(16)9-13(12)19-14/h5-6,9H,2-4,7-8,10H2,1H3,(H2,17,18,19). The van der Waals surface area contributed by atoms with Crippen molar-refractivity contribution in [3.8, 4) is 0 Å². The molecule has 1 saturated carbocycles. The number of halogens is 1. The van der Waals surface area contributed by atoms with E-state index in [1.165, 1.54) is 44.2 Å². The van der Waals surface area contributed by atoms with Gasteiger partial charge in [0.05, 0.1) is 11.0 Å². The molecule has 1 heterocycles. The molecule has 1 aromatic carbocycles. The average molecular weight is 261 g/mol. The summed E-state index contributed by atoms with van der Waals surface area (Å²) in [4.78, 5) is 7.59. The van der Waals surface area contributed by atoms with E-state index in [-0.39, 0.29) is 5.82 Å². The van der Waals surface area contributed by atoms with Crippen molar-refractivity contribution in [2.75, 3.05) is 11.9 Å². The number of fused-ring (bicyclic) bond motifs is 1. The zero-order chi connectivity index (χ0) is 13.3. The molecular formula is C15H20FN3. The first kappa shape index (κ1) is 12.5. The number of benzene rings is 1. The molecule has 3 rings (SSSR count). The Morgan fingerprint density at radius 3 is 2.89 bits per heavy atom. The van der Waals surface area contributed by atoms with Crippen LogP contribution in [0.25, 0.3) is 11.0 Å². The van der Waals surface area contributed by atoms with Gasteiger partial charge >= 0.3 is 0 Å². The largest absolute Gasteiger partial charge is 0.355 e. The lowest BCUT2D eigenvalue weighted by atomic mass is 9.83. The number of hydrogen-bond donors (Lipinski definition) is 2. The van der Waals surface area contributed by atoms with Gasteiger partial charge < -0.3 is 10.3 Å². The fraction of sp³-hybridized carbons (Fsp3) is 0.533. The minimum Gasteiger partial charge on any atom is -0.355 e. The van der Waals surface area contributed by atoms with E-state index in [4.69, 9.17) is 0 Å².